The van der Waals surface area contributed by atoms with Gasteiger partial charge in [-0.15, -0.1) is 5.10 Å². The number of hydrogen-bond acceptors (Lipinski definition) is 3. The molecule has 0 bridgehead atoms. The van der Waals surface area contributed by atoms with Crippen molar-refractivity contribution in [3.63, 3.8) is 0 Å². The van der Waals surface area contributed by atoms with Crippen molar-refractivity contribution < 1.29 is 0 Å². The Balaban J connectivity index is 2.39. The van der Waals surface area contributed by atoms with Gasteiger partial charge in [-0.1, -0.05) is 41.1 Å². The third-order valence-corrected chi connectivity index (χ3v) is 3.83. The molecule has 1 aromatic heterocycles. The van der Waals surface area contributed by atoms with Gasteiger partial charge in [0.1, 0.15) is 0 Å². The van der Waals surface area contributed by atoms with E-state index >= 15 is 0 Å². The molecule has 1 unspecified atom stereocenters. The van der Waals surface area contributed by atoms with Gasteiger partial charge in [-0.25, -0.2) is 4.68 Å². The molecule has 1 heterocycles. The first-order valence-corrected chi connectivity index (χ1v) is 8.33. The number of aryl methyl sites for hydroxylation is 2. The van der Waals surface area contributed by atoms with Crippen LogP contribution >= 0.6 is 15.9 Å². The van der Waals surface area contributed by atoms with Crippen LogP contribution in [0.4, 0.5) is 0 Å². The fourth-order valence-corrected chi connectivity index (χ4v) is 3.11. The van der Waals surface area contributed by atoms with Crippen LogP contribution in [0.1, 0.15) is 49.6 Å². The molecule has 0 spiro atoms. The lowest BCUT2D eigenvalue weighted by Gasteiger charge is -2.20. The predicted octanol–water partition coefficient (Wildman–Crippen LogP) is 3.85. The zero-order valence-electron chi connectivity index (χ0n) is 12.9. The van der Waals surface area contributed by atoms with Crippen molar-refractivity contribution in [3.05, 3.63) is 45.7 Å². The summed E-state index contributed by atoms with van der Waals surface area (Å²) in [5, 5.41) is 11.9. The molecule has 5 heteroatoms. The molecule has 0 fully saturated rings. The molecule has 4 nitrogen and oxygen atoms in total. The lowest BCUT2D eigenvalue weighted by atomic mass is 10.0. The largest absolute Gasteiger partial charge is 0.305 e. The average molecular weight is 351 g/mol. The molecular weight excluding hydrogens is 328 g/mol. The van der Waals surface area contributed by atoms with Crippen LogP contribution < -0.4 is 5.32 Å². The predicted molar refractivity (Wildman–Crippen MR) is 89.3 cm³/mol. The number of benzene rings is 1. The summed E-state index contributed by atoms with van der Waals surface area (Å²) in [5.41, 5.74) is 3.62. The fourth-order valence-electron chi connectivity index (χ4n) is 2.49. The van der Waals surface area contributed by atoms with E-state index in [4.69, 9.17) is 0 Å². The van der Waals surface area contributed by atoms with Crippen molar-refractivity contribution in [2.45, 2.75) is 46.2 Å². The summed E-state index contributed by atoms with van der Waals surface area (Å²) in [6, 6.07) is 6.65. The molecule has 1 N–H and O–H groups in total. The average Bonchev–Trinajstić information content (AvgIpc) is 2.87. The van der Waals surface area contributed by atoms with Crippen LogP contribution in [0.5, 0.6) is 0 Å². The standard InChI is InChI=1S/C16H23BrN4/c1-4-6-18-16(13-8-12(3)9-14(17)10-13)15-11-19-20-21(15)7-5-2/h8-11,16,18H,4-7H2,1-3H3. The molecule has 0 amide bonds. The van der Waals surface area contributed by atoms with Crippen LogP contribution in [0.25, 0.3) is 0 Å². The molecule has 2 rings (SSSR count). The molecular formula is C16H23BrN4. The van der Waals surface area contributed by atoms with Crippen molar-refractivity contribution in [2.75, 3.05) is 6.54 Å². The first-order chi connectivity index (χ1) is 10.2. The highest BCUT2D eigenvalue weighted by atomic mass is 79.9. The van der Waals surface area contributed by atoms with Crippen molar-refractivity contribution in [1.29, 1.82) is 0 Å². The van der Waals surface area contributed by atoms with Gasteiger partial charge in [-0.3, -0.25) is 0 Å². The molecule has 2 aromatic rings. The normalized spacial score (nSPS) is 12.6. The highest BCUT2D eigenvalue weighted by Gasteiger charge is 2.19. The zero-order valence-corrected chi connectivity index (χ0v) is 14.5. The van der Waals surface area contributed by atoms with Crippen LogP contribution in [0.2, 0.25) is 0 Å². The molecule has 1 atom stereocenters. The lowest BCUT2D eigenvalue weighted by molar-refractivity contribution is 0.504. The third kappa shape index (κ3) is 4.14. The van der Waals surface area contributed by atoms with Gasteiger partial charge < -0.3 is 5.32 Å². The fraction of sp³-hybridized carbons (Fsp3) is 0.500. The van der Waals surface area contributed by atoms with Gasteiger partial charge in [-0.2, -0.15) is 0 Å². The van der Waals surface area contributed by atoms with E-state index in [1.54, 1.807) is 0 Å². The van der Waals surface area contributed by atoms with Gasteiger partial charge >= 0.3 is 0 Å². The first kappa shape index (κ1) is 16.2. The van der Waals surface area contributed by atoms with E-state index in [2.05, 4.69) is 70.5 Å². The van der Waals surface area contributed by atoms with E-state index in [0.717, 1.165) is 36.1 Å². The summed E-state index contributed by atoms with van der Waals surface area (Å²) >= 11 is 3.60. The highest BCUT2D eigenvalue weighted by molar-refractivity contribution is 9.10. The Bertz CT molecular complexity index is 559. The quantitative estimate of drug-likeness (QED) is 0.824. The number of rotatable bonds is 7. The molecule has 0 radical (unpaired) electrons. The summed E-state index contributed by atoms with van der Waals surface area (Å²) in [6.45, 7) is 8.31. The summed E-state index contributed by atoms with van der Waals surface area (Å²) in [4.78, 5) is 0. The maximum Gasteiger partial charge on any atom is 0.0802 e. The molecule has 0 aliphatic rings. The summed E-state index contributed by atoms with van der Waals surface area (Å²) < 4.78 is 3.11. The Kier molecular flexibility index (Phi) is 5.94. The number of nitrogens with zero attached hydrogens (tertiary/aromatic N) is 3. The number of nitrogens with one attached hydrogen (secondary N) is 1. The zero-order chi connectivity index (χ0) is 15.2. The van der Waals surface area contributed by atoms with E-state index in [9.17, 15) is 0 Å². The Morgan fingerprint density at radius 1 is 1.24 bits per heavy atom. The van der Waals surface area contributed by atoms with Crippen LogP contribution in [-0.2, 0) is 6.54 Å². The molecule has 0 aliphatic heterocycles. The van der Waals surface area contributed by atoms with E-state index in [1.165, 1.54) is 11.1 Å². The number of aromatic nitrogens is 3. The van der Waals surface area contributed by atoms with E-state index in [0.29, 0.717) is 0 Å². The Morgan fingerprint density at radius 2 is 2.05 bits per heavy atom. The highest BCUT2D eigenvalue weighted by Crippen LogP contribution is 2.26. The van der Waals surface area contributed by atoms with Crippen LogP contribution in [0.3, 0.4) is 0 Å². The summed E-state index contributed by atoms with van der Waals surface area (Å²) in [6.07, 6.45) is 4.02. The van der Waals surface area contributed by atoms with Crippen LogP contribution in [0.15, 0.2) is 28.9 Å². The van der Waals surface area contributed by atoms with Crippen molar-refractivity contribution in [1.82, 2.24) is 20.3 Å². The van der Waals surface area contributed by atoms with E-state index in [1.807, 2.05) is 10.9 Å². The number of hydrogen-bond donors (Lipinski definition) is 1. The molecule has 0 aliphatic carbocycles. The summed E-state index contributed by atoms with van der Waals surface area (Å²) in [7, 11) is 0. The molecule has 1 aromatic carbocycles. The minimum atomic E-state index is 0.127. The molecule has 114 valence electrons. The third-order valence-electron chi connectivity index (χ3n) is 3.38. The van der Waals surface area contributed by atoms with Gasteiger partial charge in [0.2, 0.25) is 0 Å². The first-order valence-electron chi connectivity index (χ1n) is 7.54. The maximum atomic E-state index is 4.22. The lowest BCUT2D eigenvalue weighted by Crippen LogP contribution is -2.26. The van der Waals surface area contributed by atoms with Crippen LogP contribution in [0, 0.1) is 6.92 Å². The smallest absolute Gasteiger partial charge is 0.0802 e. The Labute approximate surface area is 135 Å². The summed E-state index contributed by atoms with van der Waals surface area (Å²) in [5.74, 6) is 0. The molecule has 0 saturated heterocycles. The van der Waals surface area contributed by atoms with Gasteiger partial charge in [0.25, 0.3) is 0 Å². The van der Waals surface area contributed by atoms with Crippen molar-refractivity contribution >= 4 is 15.9 Å². The Hall–Kier alpha value is -1.20. The molecule has 21 heavy (non-hydrogen) atoms. The van der Waals surface area contributed by atoms with Gasteiger partial charge in [0.15, 0.2) is 0 Å². The number of halogens is 1. The monoisotopic (exact) mass is 350 g/mol. The second-order valence-electron chi connectivity index (χ2n) is 5.33. The van der Waals surface area contributed by atoms with Crippen LogP contribution in [-0.4, -0.2) is 21.5 Å². The maximum absolute atomic E-state index is 4.22. The molecule has 0 saturated carbocycles. The Morgan fingerprint density at radius 3 is 2.71 bits per heavy atom. The SMILES string of the molecule is CCCNC(c1cc(C)cc(Br)c1)c1cnnn1CCC. The second-order valence-corrected chi connectivity index (χ2v) is 6.25. The minimum absolute atomic E-state index is 0.127. The van der Waals surface area contributed by atoms with E-state index < -0.39 is 0 Å². The van der Waals surface area contributed by atoms with Gasteiger partial charge in [0.05, 0.1) is 17.9 Å². The van der Waals surface area contributed by atoms with Gasteiger partial charge in [0, 0.05) is 11.0 Å². The topological polar surface area (TPSA) is 42.7 Å². The van der Waals surface area contributed by atoms with Gasteiger partial charge in [-0.05, 0) is 49.6 Å². The minimum Gasteiger partial charge on any atom is -0.305 e. The second kappa shape index (κ2) is 7.71. The van der Waals surface area contributed by atoms with Crippen molar-refractivity contribution in [2.24, 2.45) is 0 Å². The van der Waals surface area contributed by atoms with Crippen molar-refractivity contribution in [3.8, 4) is 0 Å². The van der Waals surface area contributed by atoms with E-state index in [-0.39, 0.29) is 6.04 Å².